The van der Waals surface area contributed by atoms with E-state index in [9.17, 15) is 0 Å². The van der Waals surface area contributed by atoms with Gasteiger partial charge in [0, 0.05) is 50.4 Å². The number of fused-ring (bicyclic) bond motifs is 1. The molecule has 0 N–H and O–H groups in total. The number of para-hydroxylation sites is 2. The van der Waals surface area contributed by atoms with Crippen LogP contribution in [0.2, 0.25) is 0 Å². The highest BCUT2D eigenvalue weighted by Crippen LogP contribution is 2.29. The van der Waals surface area contributed by atoms with E-state index >= 15 is 0 Å². The number of hydrogen-bond acceptors (Lipinski definition) is 4. The van der Waals surface area contributed by atoms with E-state index in [1.54, 1.807) is 0 Å². The Labute approximate surface area is 148 Å². The van der Waals surface area contributed by atoms with Crippen molar-refractivity contribution in [3.63, 3.8) is 0 Å². The van der Waals surface area contributed by atoms with E-state index in [-0.39, 0.29) is 0 Å². The molecule has 1 aliphatic heterocycles. The number of imidazole rings is 1. The molecular weight excluding hydrogens is 310 g/mol. The van der Waals surface area contributed by atoms with Gasteiger partial charge in [0.05, 0.1) is 11.0 Å². The van der Waals surface area contributed by atoms with Gasteiger partial charge in [-0.05, 0) is 31.5 Å². The van der Waals surface area contributed by atoms with Crippen molar-refractivity contribution in [1.82, 2.24) is 24.4 Å². The number of benzene rings is 1. The first-order valence-corrected chi connectivity index (χ1v) is 9.18. The average molecular weight is 335 g/mol. The SMILES string of the molecule is CCc1ncc(CN2CCC[C@@H](c3nc4ccccc4n3C)C2)cn1. The Kier molecular flexibility index (Phi) is 4.49. The number of likely N-dealkylation sites (tertiary alicyclic amines) is 1. The summed E-state index contributed by atoms with van der Waals surface area (Å²) in [5.41, 5.74) is 3.52. The van der Waals surface area contributed by atoms with Crippen LogP contribution in [0.1, 0.15) is 42.9 Å². The van der Waals surface area contributed by atoms with Gasteiger partial charge in [-0.25, -0.2) is 15.0 Å². The van der Waals surface area contributed by atoms with Crippen molar-refractivity contribution in [3.8, 4) is 0 Å². The lowest BCUT2D eigenvalue weighted by molar-refractivity contribution is 0.195. The van der Waals surface area contributed by atoms with Crippen molar-refractivity contribution in [3.05, 3.63) is 53.9 Å². The standard InChI is InChI=1S/C20H25N5/c1-3-19-21-11-15(12-22-19)13-25-10-6-7-16(14-25)20-23-17-8-4-5-9-18(17)24(20)2/h4-5,8-9,11-12,16H,3,6-7,10,13-14H2,1-2H3/t16-/m1/s1. The topological polar surface area (TPSA) is 46.8 Å². The summed E-state index contributed by atoms with van der Waals surface area (Å²) in [6.45, 7) is 5.19. The molecule has 0 aliphatic carbocycles. The third-order valence-electron chi connectivity index (χ3n) is 5.17. The van der Waals surface area contributed by atoms with Crippen molar-refractivity contribution >= 4 is 11.0 Å². The lowest BCUT2D eigenvalue weighted by Gasteiger charge is -2.32. The van der Waals surface area contributed by atoms with Gasteiger partial charge in [0.15, 0.2) is 0 Å². The van der Waals surface area contributed by atoms with Gasteiger partial charge >= 0.3 is 0 Å². The molecule has 5 nitrogen and oxygen atoms in total. The zero-order valence-corrected chi connectivity index (χ0v) is 15.0. The minimum absolute atomic E-state index is 0.488. The fraction of sp³-hybridized carbons (Fsp3) is 0.450. The van der Waals surface area contributed by atoms with Crippen molar-refractivity contribution in [1.29, 1.82) is 0 Å². The van der Waals surface area contributed by atoms with E-state index < -0.39 is 0 Å². The molecule has 0 radical (unpaired) electrons. The molecule has 3 heterocycles. The van der Waals surface area contributed by atoms with Gasteiger partial charge in [0.25, 0.3) is 0 Å². The fourth-order valence-electron chi connectivity index (χ4n) is 3.84. The molecule has 1 fully saturated rings. The van der Waals surface area contributed by atoms with E-state index in [0.29, 0.717) is 5.92 Å². The zero-order valence-electron chi connectivity index (χ0n) is 15.0. The third kappa shape index (κ3) is 3.29. The van der Waals surface area contributed by atoms with Gasteiger partial charge in [0.1, 0.15) is 11.6 Å². The van der Waals surface area contributed by atoms with Gasteiger partial charge in [-0.15, -0.1) is 0 Å². The van der Waals surface area contributed by atoms with Crippen LogP contribution in [0, 0.1) is 0 Å². The molecule has 0 saturated carbocycles. The number of nitrogens with zero attached hydrogens (tertiary/aromatic N) is 5. The summed E-state index contributed by atoms with van der Waals surface area (Å²) in [5.74, 6) is 2.62. The van der Waals surface area contributed by atoms with Crippen molar-refractivity contribution in [2.45, 2.75) is 38.6 Å². The summed E-state index contributed by atoms with van der Waals surface area (Å²) in [7, 11) is 2.14. The molecule has 1 aromatic carbocycles. The Bertz CT molecular complexity index is 852. The summed E-state index contributed by atoms with van der Waals surface area (Å²) in [4.78, 5) is 16.3. The smallest absolute Gasteiger partial charge is 0.127 e. The number of aromatic nitrogens is 4. The highest BCUT2D eigenvalue weighted by Gasteiger charge is 2.25. The van der Waals surface area contributed by atoms with Gasteiger partial charge in [-0.1, -0.05) is 19.1 Å². The van der Waals surface area contributed by atoms with Gasteiger partial charge in [-0.3, -0.25) is 4.90 Å². The fourth-order valence-corrected chi connectivity index (χ4v) is 3.84. The lowest BCUT2D eigenvalue weighted by Crippen LogP contribution is -2.34. The predicted octanol–water partition coefficient (Wildman–Crippen LogP) is 3.31. The number of aryl methyl sites for hydroxylation is 2. The summed E-state index contributed by atoms with van der Waals surface area (Å²) < 4.78 is 2.27. The number of rotatable bonds is 4. The molecule has 1 aliphatic rings. The maximum absolute atomic E-state index is 4.91. The highest BCUT2D eigenvalue weighted by atomic mass is 15.2. The Balaban J connectivity index is 1.50. The first-order chi connectivity index (χ1) is 12.2. The van der Waals surface area contributed by atoms with E-state index in [0.717, 1.165) is 37.4 Å². The van der Waals surface area contributed by atoms with Crippen molar-refractivity contribution in [2.75, 3.05) is 13.1 Å². The predicted molar refractivity (Wildman–Crippen MR) is 99.4 cm³/mol. The molecule has 1 saturated heterocycles. The molecule has 1 atom stereocenters. The minimum Gasteiger partial charge on any atom is -0.331 e. The van der Waals surface area contributed by atoms with Crippen LogP contribution in [0.25, 0.3) is 11.0 Å². The van der Waals surface area contributed by atoms with Gasteiger partial charge < -0.3 is 4.57 Å². The third-order valence-corrected chi connectivity index (χ3v) is 5.17. The van der Waals surface area contributed by atoms with Crippen LogP contribution in [-0.2, 0) is 20.0 Å². The summed E-state index contributed by atoms with van der Waals surface area (Å²) in [6.07, 6.45) is 7.26. The minimum atomic E-state index is 0.488. The molecule has 0 spiro atoms. The monoisotopic (exact) mass is 335 g/mol. The largest absolute Gasteiger partial charge is 0.331 e. The quantitative estimate of drug-likeness (QED) is 0.734. The van der Waals surface area contributed by atoms with E-state index in [2.05, 4.69) is 57.7 Å². The normalized spacial score (nSPS) is 18.7. The molecule has 3 aromatic rings. The Morgan fingerprint density at radius 2 is 1.96 bits per heavy atom. The van der Waals surface area contributed by atoms with Crippen LogP contribution in [0.3, 0.4) is 0 Å². The molecule has 0 unspecified atom stereocenters. The van der Waals surface area contributed by atoms with E-state index in [1.807, 2.05) is 12.4 Å². The molecule has 5 heteroatoms. The van der Waals surface area contributed by atoms with E-state index in [4.69, 9.17) is 4.98 Å². The maximum atomic E-state index is 4.91. The molecule has 4 rings (SSSR count). The first kappa shape index (κ1) is 16.2. The van der Waals surface area contributed by atoms with Crippen molar-refractivity contribution in [2.24, 2.45) is 7.05 Å². The Morgan fingerprint density at radius 1 is 1.16 bits per heavy atom. The number of piperidine rings is 1. The average Bonchev–Trinajstić information content (AvgIpc) is 3.00. The molecular formula is C20H25N5. The van der Waals surface area contributed by atoms with Crippen LogP contribution in [-0.4, -0.2) is 37.5 Å². The molecule has 130 valence electrons. The second-order valence-electron chi connectivity index (χ2n) is 6.95. The Hall–Kier alpha value is -2.27. The summed E-state index contributed by atoms with van der Waals surface area (Å²) in [5, 5.41) is 0. The Morgan fingerprint density at radius 3 is 2.72 bits per heavy atom. The van der Waals surface area contributed by atoms with Crippen molar-refractivity contribution < 1.29 is 0 Å². The molecule has 25 heavy (non-hydrogen) atoms. The van der Waals surface area contributed by atoms with Crippen LogP contribution in [0.4, 0.5) is 0 Å². The van der Waals surface area contributed by atoms with Crippen LogP contribution >= 0.6 is 0 Å². The molecule has 0 amide bonds. The van der Waals surface area contributed by atoms with Gasteiger partial charge in [0.2, 0.25) is 0 Å². The second-order valence-corrected chi connectivity index (χ2v) is 6.95. The molecule has 0 bridgehead atoms. The number of hydrogen-bond donors (Lipinski definition) is 0. The molecule has 2 aromatic heterocycles. The highest BCUT2D eigenvalue weighted by molar-refractivity contribution is 5.75. The van der Waals surface area contributed by atoms with Crippen LogP contribution in [0.15, 0.2) is 36.7 Å². The summed E-state index contributed by atoms with van der Waals surface area (Å²) >= 11 is 0. The van der Waals surface area contributed by atoms with E-state index in [1.165, 1.54) is 29.7 Å². The lowest BCUT2D eigenvalue weighted by atomic mass is 9.97. The zero-order chi connectivity index (χ0) is 17.2. The van der Waals surface area contributed by atoms with Crippen LogP contribution < -0.4 is 0 Å². The van der Waals surface area contributed by atoms with Gasteiger partial charge in [-0.2, -0.15) is 0 Å². The second kappa shape index (κ2) is 6.92. The summed E-state index contributed by atoms with van der Waals surface area (Å²) in [6, 6.07) is 8.40. The first-order valence-electron chi connectivity index (χ1n) is 9.18. The van der Waals surface area contributed by atoms with Crippen LogP contribution in [0.5, 0.6) is 0 Å². The maximum Gasteiger partial charge on any atom is 0.127 e.